The molecule has 0 aliphatic carbocycles. The third-order valence-corrected chi connectivity index (χ3v) is 2.31. The summed E-state index contributed by atoms with van der Waals surface area (Å²) in [6, 6.07) is 4.85. The van der Waals surface area contributed by atoms with Crippen LogP contribution >= 0.6 is 0 Å². The van der Waals surface area contributed by atoms with Gasteiger partial charge in [-0.15, -0.1) is 0 Å². The molecule has 1 aromatic rings. The summed E-state index contributed by atoms with van der Waals surface area (Å²) in [7, 11) is 0. The summed E-state index contributed by atoms with van der Waals surface area (Å²) in [5.41, 5.74) is -1.36. The highest BCUT2D eigenvalue weighted by atomic mass is 16.3. The quantitative estimate of drug-likeness (QED) is 0.698. The summed E-state index contributed by atoms with van der Waals surface area (Å²) in [4.78, 5) is 0. The van der Waals surface area contributed by atoms with E-state index in [0.717, 1.165) is 0 Å². The van der Waals surface area contributed by atoms with Crippen LogP contribution in [0.5, 0.6) is 5.75 Å². The second-order valence-electron chi connectivity index (χ2n) is 4.82. The van der Waals surface area contributed by atoms with Gasteiger partial charge in [0.25, 0.3) is 0 Å². The molecule has 3 N–H and O–H groups in total. The van der Waals surface area contributed by atoms with Gasteiger partial charge in [0.05, 0.1) is 11.2 Å². The van der Waals surface area contributed by atoms with Crippen LogP contribution in [0.4, 0.5) is 0 Å². The van der Waals surface area contributed by atoms with Gasteiger partial charge in [-0.25, -0.2) is 0 Å². The summed E-state index contributed by atoms with van der Waals surface area (Å²) >= 11 is 0. The molecule has 0 aliphatic heterocycles. The predicted molar refractivity (Wildman–Crippen MR) is 58.6 cm³/mol. The van der Waals surface area contributed by atoms with E-state index in [1.54, 1.807) is 39.8 Å². The van der Waals surface area contributed by atoms with Gasteiger partial charge < -0.3 is 15.3 Å². The Morgan fingerprint density at radius 2 is 1.47 bits per heavy atom. The highest BCUT2D eigenvalue weighted by Gasteiger charge is 2.30. The Hall–Kier alpha value is -1.06. The van der Waals surface area contributed by atoms with Crippen molar-refractivity contribution in [3.8, 4) is 5.75 Å². The van der Waals surface area contributed by atoms with E-state index in [9.17, 15) is 15.3 Å². The maximum Gasteiger partial charge on any atom is 0.122 e. The Bertz CT molecular complexity index is 356. The Kier molecular flexibility index (Phi) is 2.81. The Morgan fingerprint density at radius 3 is 1.80 bits per heavy atom. The fraction of sp³-hybridized carbons (Fsp3) is 0.500. The first kappa shape index (κ1) is 12.0. The molecule has 0 spiro atoms. The van der Waals surface area contributed by atoms with Gasteiger partial charge in [0, 0.05) is 5.56 Å². The fourth-order valence-corrected chi connectivity index (χ4v) is 1.69. The standard InChI is InChI=1S/C12H18O3/c1-11(2,14)8-6-5-7-9(13)10(8)12(3,4)15/h5-7,13-15H,1-4H3. The molecule has 15 heavy (non-hydrogen) atoms. The van der Waals surface area contributed by atoms with Gasteiger partial charge in [0.15, 0.2) is 0 Å². The number of aliphatic hydroxyl groups is 2. The number of aromatic hydroxyl groups is 1. The zero-order chi connectivity index (χ0) is 11.9. The molecule has 84 valence electrons. The van der Waals surface area contributed by atoms with Crippen LogP contribution < -0.4 is 0 Å². The Balaban J connectivity index is 3.48. The molecular weight excluding hydrogens is 192 g/mol. The van der Waals surface area contributed by atoms with Crippen molar-refractivity contribution in [2.75, 3.05) is 0 Å². The van der Waals surface area contributed by atoms with Crippen molar-refractivity contribution in [3.63, 3.8) is 0 Å². The third kappa shape index (κ3) is 2.49. The van der Waals surface area contributed by atoms with Crippen LogP contribution in [-0.2, 0) is 11.2 Å². The largest absolute Gasteiger partial charge is 0.508 e. The van der Waals surface area contributed by atoms with Gasteiger partial charge in [-0.3, -0.25) is 0 Å². The number of phenols is 1. The molecule has 3 nitrogen and oxygen atoms in total. The molecule has 0 unspecified atom stereocenters. The van der Waals surface area contributed by atoms with Crippen molar-refractivity contribution in [1.82, 2.24) is 0 Å². The summed E-state index contributed by atoms with van der Waals surface area (Å²) in [5.74, 6) is 0.00197. The molecule has 3 heteroatoms. The van der Waals surface area contributed by atoms with Crippen molar-refractivity contribution in [2.24, 2.45) is 0 Å². The minimum absolute atomic E-state index is 0.00197. The normalized spacial score (nSPS) is 12.9. The lowest BCUT2D eigenvalue weighted by atomic mass is 9.85. The second-order valence-corrected chi connectivity index (χ2v) is 4.82. The van der Waals surface area contributed by atoms with Crippen LogP contribution in [0.3, 0.4) is 0 Å². The van der Waals surface area contributed by atoms with Crippen LogP contribution in [0.15, 0.2) is 18.2 Å². The van der Waals surface area contributed by atoms with E-state index >= 15 is 0 Å². The Morgan fingerprint density at radius 1 is 0.933 bits per heavy atom. The van der Waals surface area contributed by atoms with E-state index in [-0.39, 0.29) is 5.75 Å². The molecule has 0 amide bonds. The first-order valence-corrected chi connectivity index (χ1v) is 4.91. The molecule has 0 saturated heterocycles. The van der Waals surface area contributed by atoms with Gasteiger partial charge >= 0.3 is 0 Å². The van der Waals surface area contributed by atoms with E-state index in [2.05, 4.69) is 0 Å². The average molecular weight is 210 g/mol. The van der Waals surface area contributed by atoms with Crippen LogP contribution in [0.2, 0.25) is 0 Å². The number of phenolic OH excluding ortho intramolecular Hbond substituents is 1. The highest BCUT2D eigenvalue weighted by molar-refractivity contribution is 5.45. The lowest BCUT2D eigenvalue weighted by Gasteiger charge is -2.28. The second kappa shape index (κ2) is 3.51. The molecule has 0 aliphatic rings. The molecule has 0 fully saturated rings. The molecule has 1 aromatic carbocycles. The number of rotatable bonds is 2. The minimum atomic E-state index is -1.18. The van der Waals surface area contributed by atoms with Crippen LogP contribution in [0.25, 0.3) is 0 Å². The Labute approximate surface area is 90.0 Å². The molecular formula is C12H18O3. The summed E-state index contributed by atoms with van der Waals surface area (Å²) in [6.45, 7) is 6.41. The van der Waals surface area contributed by atoms with Crippen molar-refractivity contribution in [3.05, 3.63) is 29.3 Å². The first-order chi connectivity index (χ1) is 6.64. The molecule has 0 heterocycles. The van der Waals surface area contributed by atoms with Crippen LogP contribution in [-0.4, -0.2) is 15.3 Å². The lowest BCUT2D eigenvalue weighted by molar-refractivity contribution is 0.0503. The zero-order valence-corrected chi connectivity index (χ0v) is 9.57. The van der Waals surface area contributed by atoms with Crippen LogP contribution in [0.1, 0.15) is 38.8 Å². The van der Waals surface area contributed by atoms with E-state index in [0.29, 0.717) is 11.1 Å². The van der Waals surface area contributed by atoms with Crippen molar-refractivity contribution in [1.29, 1.82) is 0 Å². The summed E-state index contributed by atoms with van der Waals surface area (Å²) < 4.78 is 0. The van der Waals surface area contributed by atoms with Crippen molar-refractivity contribution >= 4 is 0 Å². The fourth-order valence-electron chi connectivity index (χ4n) is 1.69. The van der Waals surface area contributed by atoms with E-state index in [1.807, 2.05) is 0 Å². The van der Waals surface area contributed by atoms with Gasteiger partial charge in [-0.05, 0) is 39.3 Å². The molecule has 0 aromatic heterocycles. The van der Waals surface area contributed by atoms with Crippen LogP contribution in [0, 0.1) is 0 Å². The topological polar surface area (TPSA) is 60.7 Å². The average Bonchev–Trinajstić information content (AvgIpc) is 1.99. The molecule has 0 radical (unpaired) electrons. The zero-order valence-electron chi connectivity index (χ0n) is 9.57. The van der Waals surface area contributed by atoms with Gasteiger partial charge in [-0.1, -0.05) is 12.1 Å². The van der Waals surface area contributed by atoms with Gasteiger partial charge in [-0.2, -0.15) is 0 Å². The number of benzene rings is 1. The molecule has 1 rings (SSSR count). The SMILES string of the molecule is CC(C)(O)c1cccc(O)c1C(C)(C)O. The lowest BCUT2D eigenvalue weighted by Crippen LogP contribution is -2.25. The number of hydrogen-bond acceptors (Lipinski definition) is 3. The third-order valence-electron chi connectivity index (χ3n) is 2.31. The molecule has 0 saturated carbocycles. The molecule has 0 atom stereocenters. The maximum atomic E-state index is 9.94. The van der Waals surface area contributed by atoms with E-state index < -0.39 is 11.2 Å². The smallest absolute Gasteiger partial charge is 0.122 e. The first-order valence-electron chi connectivity index (χ1n) is 4.91. The van der Waals surface area contributed by atoms with Crippen molar-refractivity contribution in [2.45, 2.75) is 38.9 Å². The van der Waals surface area contributed by atoms with Crippen molar-refractivity contribution < 1.29 is 15.3 Å². The van der Waals surface area contributed by atoms with Gasteiger partial charge in [0.1, 0.15) is 5.75 Å². The van der Waals surface area contributed by atoms with Gasteiger partial charge in [0.2, 0.25) is 0 Å². The summed E-state index contributed by atoms with van der Waals surface area (Å²) in [6.07, 6.45) is 0. The van der Waals surface area contributed by atoms with E-state index in [1.165, 1.54) is 6.07 Å². The van der Waals surface area contributed by atoms with E-state index in [4.69, 9.17) is 0 Å². The number of hydrogen-bond donors (Lipinski definition) is 3. The monoisotopic (exact) mass is 210 g/mol. The summed E-state index contributed by atoms with van der Waals surface area (Å²) in [5, 5.41) is 29.6. The maximum absolute atomic E-state index is 9.94. The predicted octanol–water partition coefficient (Wildman–Crippen LogP) is 1.85. The highest BCUT2D eigenvalue weighted by Crippen LogP contribution is 2.36. The molecule has 0 bridgehead atoms. The minimum Gasteiger partial charge on any atom is -0.508 e.